The fraction of sp³-hybridized carbons (Fsp3) is 0.194. The van der Waals surface area contributed by atoms with Crippen LogP contribution in [0.2, 0.25) is 25.2 Å². The number of aromatic nitrogens is 4. The molecular weight excluding hydrogens is 776 g/mol. The van der Waals surface area contributed by atoms with Gasteiger partial charge in [-0.1, -0.05) is 72.0 Å². The molecule has 2 aromatic carbocycles. The van der Waals surface area contributed by atoms with Crippen LogP contribution in [-0.2, 0) is 14.1 Å². The van der Waals surface area contributed by atoms with Crippen LogP contribution in [0.3, 0.4) is 0 Å². The Morgan fingerprint density at radius 2 is 0.962 bits per heavy atom. The van der Waals surface area contributed by atoms with Crippen molar-refractivity contribution in [3.63, 3.8) is 0 Å². The van der Waals surface area contributed by atoms with Gasteiger partial charge in [0.15, 0.2) is 0 Å². The van der Waals surface area contributed by atoms with Gasteiger partial charge in [0, 0.05) is 59.8 Å². The fourth-order valence-corrected chi connectivity index (χ4v) is 6.92. The third kappa shape index (κ3) is 7.18. The summed E-state index contributed by atoms with van der Waals surface area (Å²) in [7, 11) is 9.13. The summed E-state index contributed by atoms with van der Waals surface area (Å²) in [5, 5.41) is 2.56. The lowest BCUT2D eigenvalue weighted by Gasteiger charge is -2.16. The first kappa shape index (κ1) is 40.1. The number of methoxy groups -OCH3 is 4. The summed E-state index contributed by atoms with van der Waals surface area (Å²) in [6, 6.07) is 9.63. The van der Waals surface area contributed by atoms with Crippen LogP contribution in [-0.4, -0.2) is 47.5 Å². The van der Waals surface area contributed by atoms with Crippen LogP contribution in [0, 0.1) is 6.57 Å². The van der Waals surface area contributed by atoms with E-state index in [0.717, 1.165) is 5.39 Å². The van der Waals surface area contributed by atoms with Crippen LogP contribution >= 0.6 is 58.0 Å². The predicted molar refractivity (Wildman–Crippen MR) is 209 cm³/mol. The van der Waals surface area contributed by atoms with Crippen LogP contribution in [0.4, 0.5) is 5.82 Å². The molecule has 0 fully saturated rings. The normalized spacial score (nSPS) is 10.6. The van der Waals surface area contributed by atoms with Crippen molar-refractivity contribution in [3.8, 4) is 45.3 Å². The zero-order valence-electron chi connectivity index (χ0n) is 27.7. The molecule has 0 bridgehead atoms. The number of rotatable bonds is 6. The van der Waals surface area contributed by atoms with E-state index in [1.807, 2.05) is 0 Å². The molecule has 4 heterocycles. The number of hydrogen-bond acceptors (Lipinski definition) is 8. The summed E-state index contributed by atoms with van der Waals surface area (Å²) < 4.78 is 24.0. The molecule has 0 amide bonds. The van der Waals surface area contributed by atoms with E-state index in [9.17, 15) is 9.59 Å². The Bertz CT molecular complexity index is 2470. The molecule has 6 aromatic rings. The highest BCUT2D eigenvalue weighted by Gasteiger charge is 2.24. The predicted octanol–water partition coefficient (Wildman–Crippen LogP) is 9.69. The Hall–Kier alpha value is -4.70. The quantitative estimate of drug-likeness (QED) is 0.121. The van der Waals surface area contributed by atoms with Crippen LogP contribution in [0.25, 0.3) is 48.9 Å². The summed E-state index contributed by atoms with van der Waals surface area (Å²) in [5.74, 6) is 1.60. The lowest BCUT2D eigenvalue weighted by atomic mass is 10.0. The van der Waals surface area contributed by atoms with Crippen molar-refractivity contribution in [2.24, 2.45) is 14.1 Å². The van der Waals surface area contributed by atoms with Gasteiger partial charge in [0.25, 0.3) is 16.9 Å². The monoisotopic (exact) mass is 803 g/mol. The maximum Gasteiger partial charge on any atom is 0.271 e. The average molecular weight is 806 g/mol. The van der Waals surface area contributed by atoms with Gasteiger partial charge in [-0.3, -0.25) is 9.59 Å². The van der Waals surface area contributed by atoms with Gasteiger partial charge in [-0.15, -0.1) is 4.98 Å². The minimum absolute atomic E-state index is 0. The molecule has 0 aliphatic heterocycles. The molecule has 0 radical (unpaired) electrons. The van der Waals surface area contributed by atoms with Gasteiger partial charge in [0.05, 0.1) is 65.2 Å². The second kappa shape index (κ2) is 16.3. The number of aryl methyl sites for hydroxylation is 2. The van der Waals surface area contributed by atoms with Gasteiger partial charge < -0.3 is 32.9 Å². The van der Waals surface area contributed by atoms with E-state index in [4.69, 9.17) is 83.5 Å². The molecule has 0 unspecified atom stereocenters. The number of ether oxygens (including phenoxy) is 4. The summed E-state index contributed by atoms with van der Waals surface area (Å²) in [4.78, 5) is 37.3. The molecule has 0 atom stereocenters. The Kier molecular flexibility index (Phi) is 12.6. The van der Waals surface area contributed by atoms with E-state index in [-0.39, 0.29) is 50.0 Å². The molecule has 270 valence electrons. The molecule has 6 rings (SSSR count). The second-order valence-electron chi connectivity index (χ2n) is 10.7. The van der Waals surface area contributed by atoms with E-state index < -0.39 is 0 Å². The third-order valence-corrected chi connectivity index (χ3v) is 9.68. The van der Waals surface area contributed by atoms with Crippen molar-refractivity contribution in [2.75, 3.05) is 28.4 Å². The number of halogens is 5. The number of hydrogen-bond donors (Lipinski definition) is 0. The number of fused-ring (bicyclic) bond motifs is 2. The molecule has 0 saturated carbocycles. The van der Waals surface area contributed by atoms with Gasteiger partial charge in [-0.05, 0) is 24.3 Å². The van der Waals surface area contributed by atoms with Crippen LogP contribution in [0.15, 0.2) is 58.4 Å². The number of nitrogens with zero attached hydrogens (tertiary/aromatic N) is 5. The highest BCUT2D eigenvalue weighted by Crippen LogP contribution is 2.46. The zero-order chi connectivity index (χ0) is 37.3. The first-order valence-corrected chi connectivity index (χ1v) is 16.4. The molecule has 52 heavy (non-hydrogen) atoms. The lowest BCUT2D eigenvalue weighted by molar-refractivity contribution is 0.395. The number of benzene rings is 2. The van der Waals surface area contributed by atoms with Crippen LogP contribution < -0.4 is 30.1 Å². The largest absolute Gasteiger partial charge is 0.495 e. The minimum Gasteiger partial charge on any atom is -0.495 e. The van der Waals surface area contributed by atoms with Gasteiger partial charge in [-0.25, -0.2) is 4.98 Å². The van der Waals surface area contributed by atoms with Crippen LogP contribution in [0.1, 0.15) is 7.43 Å². The second-order valence-corrected chi connectivity index (χ2v) is 12.6. The molecule has 4 aromatic heterocycles. The van der Waals surface area contributed by atoms with E-state index in [1.165, 1.54) is 43.8 Å². The van der Waals surface area contributed by atoms with Crippen molar-refractivity contribution in [1.82, 2.24) is 19.1 Å². The highest BCUT2D eigenvalue weighted by atomic mass is 35.5. The van der Waals surface area contributed by atoms with Crippen molar-refractivity contribution in [1.29, 1.82) is 0 Å². The van der Waals surface area contributed by atoms with Crippen molar-refractivity contribution in [3.05, 3.63) is 106 Å². The Labute approximate surface area is 323 Å². The zero-order valence-corrected chi connectivity index (χ0v) is 31.5. The Morgan fingerprint density at radius 3 is 1.33 bits per heavy atom. The van der Waals surface area contributed by atoms with Gasteiger partial charge in [-0.2, -0.15) is 0 Å². The molecule has 0 aliphatic rings. The highest BCUT2D eigenvalue weighted by molar-refractivity contribution is 6.42. The molecule has 0 N–H and O–H groups in total. The first-order chi connectivity index (χ1) is 24.3. The molecule has 16 heteroatoms. The molecule has 0 spiro atoms. The Balaban J connectivity index is 0.000000228. The molecule has 0 aliphatic carbocycles. The van der Waals surface area contributed by atoms with E-state index in [2.05, 4.69) is 14.8 Å². The van der Waals surface area contributed by atoms with Crippen LogP contribution in [0.5, 0.6) is 23.0 Å². The maximum absolute atomic E-state index is 13.0. The summed E-state index contributed by atoms with van der Waals surface area (Å²) in [5.41, 5.74) is 1.89. The first-order valence-electron chi connectivity index (χ1n) is 14.5. The summed E-state index contributed by atoms with van der Waals surface area (Å²) >= 11 is 31.6. The van der Waals surface area contributed by atoms with E-state index in [0.29, 0.717) is 61.3 Å². The van der Waals surface area contributed by atoms with Crippen molar-refractivity contribution in [2.45, 2.75) is 7.43 Å². The van der Waals surface area contributed by atoms with E-state index >= 15 is 0 Å². The van der Waals surface area contributed by atoms with Crippen molar-refractivity contribution >= 4 is 85.6 Å². The van der Waals surface area contributed by atoms with Crippen molar-refractivity contribution < 1.29 is 18.9 Å². The van der Waals surface area contributed by atoms with E-state index in [1.54, 1.807) is 56.7 Å². The maximum atomic E-state index is 13.0. The van der Waals surface area contributed by atoms with Gasteiger partial charge in [0.2, 0.25) is 0 Å². The third-order valence-electron chi connectivity index (χ3n) is 7.97. The molecule has 11 nitrogen and oxygen atoms in total. The van der Waals surface area contributed by atoms with Gasteiger partial charge >= 0.3 is 0 Å². The molecule has 0 saturated heterocycles. The average Bonchev–Trinajstić information content (AvgIpc) is 3.13. The fourth-order valence-electron chi connectivity index (χ4n) is 5.36. The topological polar surface area (TPSA) is 111 Å². The summed E-state index contributed by atoms with van der Waals surface area (Å²) in [6.07, 6.45) is 3.12. The molecular formula is C36H30Cl5N5O6. The lowest BCUT2D eigenvalue weighted by Crippen LogP contribution is -2.19. The summed E-state index contributed by atoms with van der Waals surface area (Å²) in [6.45, 7) is 7.08. The Morgan fingerprint density at radius 1 is 0.596 bits per heavy atom. The SMILES string of the molecule is C.COc1cc(OC)c(Cl)c(-c2cc3cnc(Cl)cc3n(C)c2=O)c1Cl.[C-]#[N+]c1cc2c(cn1)cc(-c1c(Cl)c(OC)cc(OC)c1Cl)c(=O)n2C. The minimum atomic E-state index is -0.321. The smallest absolute Gasteiger partial charge is 0.271 e. The van der Waals surface area contributed by atoms with Gasteiger partial charge in [0.1, 0.15) is 34.3 Å². The standard InChI is InChI=1S/C18H13Cl2N3O3.C17H13Cl3N2O3.CH4/c1-21-14-6-11-9(8-22-14)5-10(18(24)23(11)2)15-16(19)12(25-3)7-13(26-4)17(15)20;1-22-10-5-13(18)21-7-8(10)4-9(17(22)23)14-15(19)11(24-2)6-12(25-3)16(14)20;/h5-8H,2-4H3;4-7H,1-3H3;1H4. The number of pyridine rings is 4.